The average Bonchev–Trinajstić information content (AvgIpc) is 3.29. The molecule has 4 rings (SSSR count). The second kappa shape index (κ2) is 7.23. The van der Waals surface area contributed by atoms with Gasteiger partial charge < -0.3 is 9.80 Å². The van der Waals surface area contributed by atoms with E-state index in [1.54, 1.807) is 11.3 Å². The lowest BCUT2D eigenvalue weighted by Gasteiger charge is -2.33. The van der Waals surface area contributed by atoms with Crippen molar-refractivity contribution in [2.45, 2.75) is 38.8 Å². The summed E-state index contributed by atoms with van der Waals surface area (Å²) >= 11 is 1.62. The molecule has 0 aliphatic carbocycles. The van der Waals surface area contributed by atoms with Crippen LogP contribution in [0.15, 0.2) is 41.8 Å². The summed E-state index contributed by atoms with van der Waals surface area (Å²) in [5.41, 5.74) is 1.83. The van der Waals surface area contributed by atoms with Gasteiger partial charge in [-0.1, -0.05) is 31.2 Å². The Morgan fingerprint density at radius 1 is 1.19 bits per heavy atom. The second-order valence-electron chi connectivity index (χ2n) is 7.39. The molecule has 1 aromatic carbocycles. The molecule has 0 radical (unpaired) electrons. The summed E-state index contributed by atoms with van der Waals surface area (Å²) in [4.78, 5) is 30.8. The van der Waals surface area contributed by atoms with Crippen LogP contribution in [0, 0.1) is 5.92 Å². The number of piperidine rings is 1. The van der Waals surface area contributed by atoms with Crippen molar-refractivity contribution in [2.75, 3.05) is 13.1 Å². The molecule has 0 spiro atoms. The molecule has 4 nitrogen and oxygen atoms in total. The van der Waals surface area contributed by atoms with Crippen LogP contribution >= 0.6 is 11.3 Å². The van der Waals surface area contributed by atoms with Gasteiger partial charge in [0.2, 0.25) is 5.91 Å². The van der Waals surface area contributed by atoms with Crippen LogP contribution in [0.4, 0.5) is 0 Å². The van der Waals surface area contributed by atoms with Crippen LogP contribution < -0.4 is 0 Å². The SMILES string of the molecule is CC1CCN(C(=O)C[C@@H](c2cccs2)N2Cc3ccccc3C2=O)CC1. The van der Waals surface area contributed by atoms with Crippen molar-refractivity contribution < 1.29 is 9.59 Å². The van der Waals surface area contributed by atoms with Gasteiger partial charge in [0, 0.05) is 30.1 Å². The minimum absolute atomic E-state index is 0.0408. The maximum absolute atomic E-state index is 12.9. The largest absolute Gasteiger partial charge is 0.343 e. The van der Waals surface area contributed by atoms with E-state index >= 15 is 0 Å². The van der Waals surface area contributed by atoms with Crippen molar-refractivity contribution in [1.29, 1.82) is 0 Å². The summed E-state index contributed by atoms with van der Waals surface area (Å²) in [6.07, 6.45) is 2.52. The topological polar surface area (TPSA) is 40.6 Å². The van der Waals surface area contributed by atoms with E-state index in [9.17, 15) is 9.59 Å². The van der Waals surface area contributed by atoms with Gasteiger partial charge in [-0.15, -0.1) is 11.3 Å². The fourth-order valence-electron chi connectivity index (χ4n) is 3.93. The normalized spacial score (nSPS) is 18.9. The Morgan fingerprint density at radius 2 is 1.96 bits per heavy atom. The molecule has 2 amide bonds. The van der Waals surface area contributed by atoms with Gasteiger partial charge in [-0.25, -0.2) is 0 Å². The van der Waals surface area contributed by atoms with Gasteiger partial charge in [0.05, 0.1) is 12.5 Å². The highest BCUT2D eigenvalue weighted by molar-refractivity contribution is 7.10. The molecular formula is C21H24N2O2S. The van der Waals surface area contributed by atoms with Crippen LogP contribution in [-0.2, 0) is 11.3 Å². The van der Waals surface area contributed by atoms with E-state index in [1.807, 2.05) is 51.6 Å². The molecule has 1 aromatic heterocycles. The number of rotatable bonds is 4. The Labute approximate surface area is 158 Å². The number of hydrogen-bond acceptors (Lipinski definition) is 3. The number of likely N-dealkylation sites (tertiary alicyclic amines) is 1. The van der Waals surface area contributed by atoms with Crippen LogP contribution in [0.2, 0.25) is 0 Å². The van der Waals surface area contributed by atoms with Crippen molar-refractivity contribution in [1.82, 2.24) is 9.80 Å². The van der Waals surface area contributed by atoms with Crippen LogP contribution in [-0.4, -0.2) is 34.7 Å². The highest BCUT2D eigenvalue weighted by atomic mass is 32.1. The van der Waals surface area contributed by atoms with E-state index in [0.29, 0.717) is 18.9 Å². The summed E-state index contributed by atoms with van der Waals surface area (Å²) in [7, 11) is 0. The first-order valence-electron chi connectivity index (χ1n) is 9.33. The second-order valence-corrected chi connectivity index (χ2v) is 8.37. The molecule has 26 heavy (non-hydrogen) atoms. The molecule has 2 aliphatic rings. The lowest BCUT2D eigenvalue weighted by atomic mass is 9.98. The Bertz CT molecular complexity index is 794. The standard InChI is InChI=1S/C21H24N2O2S/c1-15-8-10-22(11-9-15)20(24)13-18(19-7-4-12-26-19)23-14-16-5-2-3-6-17(16)21(23)25/h2-7,12,15,18H,8-11,13-14H2,1H3/t18-/m0/s1. The van der Waals surface area contributed by atoms with Crippen LogP contribution in [0.3, 0.4) is 0 Å². The number of benzene rings is 1. The minimum Gasteiger partial charge on any atom is -0.343 e. The van der Waals surface area contributed by atoms with Crippen molar-refractivity contribution in [3.8, 4) is 0 Å². The fourth-order valence-corrected chi connectivity index (χ4v) is 4.77. The number of carbonyl (C=O) groups excluding carboxylic acids is 2. The number of nitrogens with zero attached hydrogens (tertiary/aromatic N) is 2. The van der Waals surface area contributed by atoms with Crippen LogP contribution in [0.25, 0.3) is 0 Å². The quantitative estimate of drug-likeness (QED) is 0.815. The zero-order valence-corrected chi connectivity index (χ0v) is 15.9. The number of amides is 2. The Morgan fingerprint density at radius 3 is 2.65 bits per heavy atom. The smallest absolute Gasteiger partial charge is 0.255 e. The van der Waals surface area contributed by atoms with E-state index in [4.69, 9.17) is 0 Å². The average molecular weight is 369 g/mol. The minimum atomic E-state index is -0.179. The molecule has 0 bridgehead atoms. The van der Waals surface area contributed by atoms with E-state index in [2.05, 4.69) is 6.92 Å². The first-order chi connectivity index (χ1) is 12.6. The van der Waals surface area contributed by atoms with Gasteiger partial charge in [-0.3, -0.25) is 9.59 Å². The van der Waals surface area contributed by atoms with Gasteiger partial charge in [-0.2, -0.15) is 0 Å². The Hall–Kier alpha value is -2.14. The molecule has 3 heterocycles. The third kappa shape index (κ3) is 3.28. The van der Waals surface area contributed by atoms with Gasteiger partial charge in [0.15, 0.2) is 0 Å². The third-order valence-electron chi connectivity index (χ3n) is 5.60. The fraction of sp³-hybridized carbons (Fsp3) is 0.429. The number of carbonyl (C=O) groups is 2. The predicted molar refractivity (Wildman–Crippen MR) is 103 cm³/mol. The van der Waals surface area contributed by atoms with Crippen LogP contribution in [0.5, 0.6) is 0 Å². The van der Waals surface area contributed by atoms with Crippen molar-refractivity contribution in [3.63, 3.8) is 0 Å². The molecule has 2 aliphatic heterocycles. The van der Waals surface area contributed by atoms with E-state index in [1.165, 1.54) is 0 Å². The lowest BCUT2D eigenvalue weighted by Crippen LogP contribution is -2.40. The number of fused-ring (bicyclic) bond motifs is 1. The highest BCUT2D eigenvalue weighted by Gasteiger charge is 2.36. The Balaban J connectivity index is 1.55. The molecule has 5 heteroatoms. The number of hydrogen-bond donors (Lipinski definition) is 0. The molecular weight excluding hydrogens is 344 g/mol. The van der Waals surface area contributed by atoms with Gasteiger partial charge in [0.1, 0.15) is 0 Å². The predicted octanol–water partition coefficient (Wildman–Crippen LogP) is 4.09. The third-order valence-corrected chi connectivity index (χ3v) is 6.58. The van der Waals surface area contributed by atoms with Gasteiger partial charge in [0.25, 0.3) is 5.91 Å². The van der Waals surface area contributed by atoms with Crippen molar-refractivity contribution >= 4 is 23.2 Å². The van der Waals surface area contributed by atoms with Crippen molar-refractivity contribution in [3.05, 3.63) is 57.8 Å². The van der Waals surface area contributed by atoms with E-state index in [0.717, 1.165) is 41.9 Å². The summed E-state index contributed by atoms with van der Waals surface area (Å²) in [6, 6.07) is 11.6. The molecule has 0 saturated carbocycles. The highest BCUT2D eigenvalue weighted by Crippen LogP contribution is 2.36. The maximum Gasteiger partial charge on any atom is 0.255 e. The van der Waals surface area contributed by atoms with E-state index in [-0.39, 0.29) is 17.9 Å². The number of thiophene rings is 1. The van der Waals surface area contributed by atoms with Crippen molar-refractivity contribution in [2.24, 2.45) is 5.92 Å². The molecule has 1 atom stereocenters. The zero-order valence-electron chi connectivity index (χ0n) is 15.1. The summed E-state index contributed by atoms with van der Waals surface area (Å²) in [6.45, 7) is 4.51. The monoisotopic (exact) mass is 368 g/mol. The molecule has 2 aromatic rings. The molecule has 136 valence electrons. The first-order valence-corrected chi connectivity index (χ1v) is 10.2. The Kier molecular flexibility index (Phi) is 4.81. The maximum atomic E-state index is 12.9. The molecule has 0 unspecified atom stereocenters. The lowest BCUT2D eigenvalue weighted by molar-refractivity contribution is -0.133. The van der Waals surface area contributed by atoms with Gasteiger partial charge in [-0.05, 0) is 41.8 Å². The zero-order chi connectivity index (χ0) is 18.1. The summed E-state index contributed by atoms with van der Waals surface area (Å²) in [5, 5.41) is 2.02. The molecule has 0 N–H and O–H groups in total. The summed E-state index contributed by atoms with van der Waals surface area (Å²) in [5.74, 6) is 0.903. The van der Waals surface area contributed by atoms with E-state index < -0.39 is 0 Å². The summed E-state index contributed by atoms with van der Waals surface area (Å²) < 4.78 is 0. The van der Waals surface area contributed by atoms with Crippen LogP contribution in [0.1, 0.15) is 53.0 Å². The first kappa shape index (κ1) is 17.3. The molecule has 1 fully saturated rings. The molecule has 1 saturated heterocycles. The van der Waals surface area contributed by atoms with Gasteiger partial charge >= 0.3 is 0 Å².